The lowest BCUT2D eigenvalue weighted by molar-refractivity contribution is 0.628. The standard InChI is InChI=1S/C18H12ClFN4S/c19-18-23-16(22-9-13-3-1-2-8-21-13)15-14(10-25-17(15)24-18)11-4-6-12(20)7-5-11/h1-8,10H,9H2,(H,22,23,24). The van der Waals surface area contributed by atoms with Gasteiger partial charge in [-0.15, -0.1) is 11.3 Å². The first-order chi connectivity index (χ1) is 12.2. The van der Waals surface area contributed by atoms with Gasteiger partial charge in [0.25, 0.3) is 0 Å². The third-order valence-corrected chi connectivity index (χ3v) is 4.77. The second-order valence-corrected chi connectivity index (χ2v) is 6.55. The Morgan fingerprint density at radius 2 is 1.92 bits per heavy atom. The van der Waals surface area contributed by atoms with Crippen molar-refractivity contribution >= 4 is 39.0 Å². The maximum atomic E-state index is 13.2. The predicted molar refractivity (Wildman–Crippen MR) is 99.4 cm³/mol. The first-order valence-electron chi connectivity index (χ1n) is 7.55. The summed E-state index contributed by atoms with van der Waals surface area (Å²) in [5.74, 6) is 0.373. The molecule has 4 rings (SSSR count). The van der Waals surface area contributed by atoms with Gasteiger partial charge in [0.2, 0.25) is 5.28 Å². The average molecular weight is 371 g/mol. The molecule has 1 N–H and O–H groups in total. The zero-order valence-electron chi connectivity index (χ0n) is 12.9. The summed E-state index contributed by atoms with van der Waals surface area (Å²) in [4.78, 5) is 13.7. The van der Waals surface area contributed by atoms with E-state index in [0.29, 0.717) is 12.4 Å². The van der Waals surface area contributed by atoms with Gasteiger partial charge in [-0.25, -0.2) is 14.4 Å². The van der Waals surface area contributed by atoms with Gasteiger partial charge in [-0.05, 0) is 41.4 Å². The monoisotopic (exact) mass is 370 g/mol. The van der Waals surface area contributed by atoms with E-state index in [9.17, 15) is 4.39 Å². The second kappa shape index (κ2) is 6.74. The van der Waals surface area contributed by atoms with Gasteiger partial charge in [-0.1, -0.05) is 18.2 Å². The molecule has 0 saturated carbocycles. The molecule has 0 aliphatic carbocycles. The van der Waals surface area contributed by atoms with E-state index in [1.807, 2.05) is 23.6 Å². The Morgan fingerprint density at radius 3 is 2.68 bits per heavy atom. The summed E-state index contributed by atoms with van der Waals surface area (Å²) >= 11 is 7.54. The number of hydrogen-bond donors (Lipinski definition) is 1. The van der Waals surface area contributed by atoms with E-state index in [0.717, 1.165) is 27.0 Å². The van der Waals surface area contributed by atoms with Gasteiger partial charge in [0.15, 0.2) is 0 Å². The fraction of sp³-hybridized carbons (Fsp3) is 0.0556. The molecule has 7 heteroatoms. The van der Waals surface area contributed by atoms with Crippen LogP contribution in [0.15, 0.2) is 54.0 Å². The highest BCUT2D eigenvalue weighted by atomic mass is 35.5. The molecule has 0 fully saturated rings. The molecule has 0 atom stereocenters. The van der Waals surface area contributed by atoms with Crippen LogP contribution in [0.3, 0.4) is 0 Å². The van der Waals surface area contributed by atoms with Gasteiger partial charge in [-0.3, -0.25) is 4.98 Å². The lowest BCUT2D eigenvalue weighted by atomic mass is 10.1. The van der Waals surface area contributed by atoms with Crippen LogP contribution in [0.5, 0.6) is 0 Å². The molecule has 0 amide bonds. The Kier molecular flexibility index (Phi) is 4.29. The van der Waals surface area contributed by atoms with Gasteiger partial charge in [0, 0.05) is 17.1 Å². The number of anilines is 1. The predicted octanol–water partition coefficient (Wildman–Crippen LogP) is 5.16. The van der Waals surface area contributed by atoms with Crippen molar-refractivity contribution < 1.29 is 4.39 Å². The minimum Gasteiger partial charge on any atom is -0.364 e. The quantitative estimate of drug-likeness (QED) is 0.504. The van der Waals surface area contributed by atoms with Crippen molar-refractivity contribution in [3.8, 4) is 11.1 Å². The maximum absolute atomic E-state index is 13.2. The zero-order valence-corrected chi connectivity index (χ0v) is 14.5. The minimum absolute atomic E-state index is 0.184. The molecule has 0 saturated heterocycles. The summed E-state index contributed by atoms with van der Waals surface area (Å²) in [5, 5.41) is 6.32. The molecule has 0 spiro atoms. The number of pyridine rings is 1. The van der Waals surface area contributed by atoms with E-state index < -0.39 is 0 Å². The average Bonchev–Trinajstić information content (AvgIpc) is 3.05. The molecule has 3 heterocycles. The molecule has 3 aromatic heterocycles. The van der Waals surface area contributed by atoms with Crippen LogP contribution in [0, 0.1) is 5.82 Å². The zero-order chi connectivity index (χ0) is 17.2. The number of benzene rings is 1. The molecule has 25 heavy (non-hydrogen) atoms. The Morgan fingerprint density at radius 1 is 1.08 bits per heavy atom. The van der Waals surface area contributed by atoms with Crippen molar-refractivity contribution in [1.82, 2.24) is 15.0 Å². The summed E-state index contributed by atoms with van der Waals surface area (Å²) in [6.07, 6.45) is 1.74. The number of nitrogens with zero attached hydrogens (tertiary/aromatic N) is 3. The van der Waals surface area contributed by atoms with Gasteiger partial charge < -0.3 is 5.32 Å². The van der Waals surface area contributed by atoms with E-state index >= 15 is 0 Å². The normalized spacial score (nSPS) is 11.0. The molecule has 0 aliphatic rings. The Balaban J connectivity index is 1.77. The van der Waals surface area contributed by atoms with Gasteiger partial charge in [0.05, 0.1) is 17.6 Å². The highest BCUT2D eigenvalue weighted by Gasteiger charge is 2.15. The van der Waals surface area contributed by atoms with Crippen molar-refractivity contribution in [1.29, 1.82) is 0 Å². The highest BCUT2D eigenvalue weighted by Crippen LogP contribution is 2.37. The minimum atomic E-state index is -0.268. The van der Waals surface area contributed by atoms with Crippen LogP contribution in [0.2, 0.25) is 5.28 Å². The Labute approximate surface area is 152 Å². The third kappa shape index (κ3) is 3.31. The summed E-state index contributed by atoms with van der Waals surface area (Å²) in [7, 11) is 0. The van der Waals surface area contributed by atoms with Crippen LogP contribution in [-0.4, -0.2) is 15.0 Å². The van der Waals surface area contributed by atoms with Crippen molar-refractivity contribution in [2.45, 2.75) is 6.54 Å². The van der Waals surface area contributed by atoms with Gasteiger partial charge in [0.1, 0.15) is 16.5 Å². The fourth-order valence-electron chi connectivity index (χ4n) is 2.56. The Hall–Kier alpha value is -2.57. The topological polar surface area (TPSA) is 50.7 Å². The number of hydrogen-bond acceptors (Lipinski definition) is 5. The van der Waals surface area contributed by atoms with Crippen molar-refractivity contribution in [3.63, 3.8) is 0 Å². The first-order valence-corrected chi connectivity index (χ1v) is 8.81. The maximum Gasteiger partial charge on any atom is 0.225 e. The molecule has 0 radical (unpaired) electrons. The van der Waals surface area contributed by atoms with Crippen molar-refractivity contribution in [3.05, 3.63) is 70.8 Å². The molecule has 124 valence electrons. The largest absolute Gasteiger partial charge is 0.364 e. The number of nitrogens with one attached hydrogen (secondary N) is 1. The van der Waals surface area contributed by atoms with E-state index in [1.54, 1.807) is 18.3 Å². The number of rotatable bonds is 4. The van der Waals surface area contributed by atoms with Crippen LogP contribution in [-0.2, 0) is 6.54 Å². The van der Waals surface area contributed by atoms with Crippen LogP contribution >= 0.6 is 22.9 Å². The Bertz CT molecular complexity index is 1020. The van der Waals surface area contributed by atoms with E-state index in [2.05, 4.69) is 20.3 Å². The highest BCUT2D eigenvalue weighted by molar-refractivity contribution is 7.17. The van der Waals surface area contributed by atoms with Gasteiger partial charge >= 0.3 is 0 Å². The van der Waals surface area contributed by atoms with Crippen LogP contribution in [0.1, 0.15) is 5.69 Å². The second-order valence-electron chi connectivity index (χ2n) is 5.35. The molecule has 0 bridgehead atoms. The molecule has 4 aromatic rings. The van der Waals surface area contributed by atoms with Crippen LogP contribution in [0.4, 0.5) is 10.2 Å². The summed E-state index contributed by atoms with van der Waals surface area (Å²) in [5.41, 5.74) is 2.74. The number of halogens is 2. The van der Waals surface area contributed by atoms with Crippen molar-refractivity contribution in [2.24, 2.45) is 0 Å². The first kappa shape index (κ1) is 15.9. The molecule has 4 nitrogen and oxygen atoms in total. The number of thiophene rings is 1. The molecule has 0 unspecified atom stereocenters. The van der Waals surface area contributed by atoms with Gasteiger partial charge in [-0.2, -0.15) is 0 Å². The summed E-state index contributed by atoms with van der Waals surface area (Å²) in [6, 6.07) is 12.1. The van der Waals surface area contributed by atoms with Crippen molar-refractivity contribution in [2.75, 3.05) is 5.32 Å². The molecular weight excluding hydrogens is 359 g/mol. The summed E-state index contributed by atoms with van der Waals surface area (Å²) < 4.78 is 13.2. The molecular formula is C18H12ClFN4S. The fourth-order valence-corrected chi connectivity index (χ4v) is 3.73. The molecule has 1 aromatic carbocycles. The third-order valence-electron chi connectivity index (χ3n) is 3.72. The molecule has 0 aliphatic heterocycles. The summed E-state index contributed by atoms with van der Waals surface area (Å²) in [6.45, 7) is 0.516. The van der Waals surface area contributed by atoms with Crippen LogP contribution in [0.25, 0.3) is 21.3 Å². The van der Waals surface area contributed by atoms with Crippen LogP contribution < -0.4 is 5.32 Å². The SMILES string of the molecule is Fc1ccc(-c2csc3nc(Cl)nc(NCc4ccccn4)c23)cc1. The van der Waals surface area contributed by atoms with E-state index in [1.165, 1.54) is 23.5 Å². The van der Waals surface area contributed by atoms with E-state index in [-0.39, 0.29) is 11.1 Å². The number of aromatic nitrogens is 3. The smallest absolute Gasteiger partial charge is 0.225 e. The van der Waals surface area contributed by atoms with E-state index in [4.69, 9.17) is 11.6 Å². The lowest BCUT2D eigenvalue weighted by Gasteiger charge is -2.09. The lowest BCUT2D eigenvalue weighted by Crippen LogP contribution is -2.04. The number of fused-ring (bicyclic) bond motifs is 1.